The first-order chi connectivity index (χ1) is 12.3. The number of rotatable bonds is 7. The van der Waals surface area contributed by atoms with E-state index in [-0.39, 0.29) is 37.1 Å². The van der Waals surface area contributed by atoms with Gasteiger partial charge in [0.1, 0.15) is 11.9 Å². The van der Waals surface area contributed by atoms with Gasteiger partial charge in [-0.3, -0.25) is 4.98 Å². The summed E-state index contributed by atoms with van der Waals surface area (Å²) < 4.78 is 6.16. The second-order valence-electron chi connectivity index (χ2n) is 6.08. The van der Waals surface area contributed by atoms with Crippen molar-refractivity contribution in [1.82, 2.24) is 4.98 Å². The number of aromatic nitrogens is 1. The normalized spacial score (nSPS) is 12.7. The molecule has 1 N–H and O–H groups in total. The molecule has 3 nitrogen and oxygen atoms in total. The molecule has 0 aliphatic carbocycles. The Kier molecular flexibility index (Phi) is 8.33. The summed E-state index contributed by atoms with van der Waals surface area (Å²) >= 11 is 0. The summed E-state index contributed by atoms with van der Waals surface area (Å²) in [7, 11) is 0. The third kappa shape index (κ3) is 5.68. The predicted molar refractivity (Wildman–Crippen MR) is 102 cm³/mol. The van der Waals surface area contributed by atoms with Crippen LogP contribution in [-0.4, -0.2) is 16.2 Å². The molecule has 0 aliphatic heterocycles. The summed E-state index contributed by atoms with van der Waals surface area (Å²) in [6.45, 7) is 1.97. The molecule has 3 rings (SSSR count). The average molecular weight is 357 g/mol. The van der Waals surface area contributed by atoms with Crippen LogP contribution in [0.4, 0.5) is 0 Å². The molecule has 0 aliphatic rings. The Labute approximate surface area is 178 Å². The zero-order chi connectivity index (χ0) is 17.5. The number of benzene rings is 2. The van der Waals surface area contributed by atoms with Crippen LogP contribution >= 0.6 is 0 Å². The molecule has 0 saturated carbocycles. The van der Waals surface area contributed by atoms with Gasteiger partial charge in [0, 0.05) is 24.4 Å². The van der Waals surface area contributed by atoms with Crippen LogP contribution in [-0.2, 0) is 0 Å². The Morgan fingerprint density at radius 1 is 0.962 bits per heavy atom. The van der Waals surface area contributed by atoms with Crippen molar-refractivity contribution in [3.63, 3.8) is 0 Å². The van der Waals surface area contributed by atoms with E-state index in [1.54, 1.807) is 12.4 Å². The third-order valence-corrected chi connectivity index (χ3v) is 4.25. The minimum absolute atomic E-state index is 0. The molecular weight excluding hydrogens is 333 g/mol. The van der Waals surface area contributed by atoms with Crippen molar-refractivity contribution < 1.29 is 40.8 Å². The van der Waals surface area contributed by atoms with E-state index in [1.807, 2.05) is 49.4 Å². The van der Waals surface area contributed by atoms with E-state index in [0.29, 0.717) is 12.8 Å². The second kappa shape index (κ2) is 10.5. The predicted octanol–water partition coefficient (Wildman–Crippen LogP) is 2.15. The molecule has 130 valence electrons. The molecule has 1 aromatic heterocycles. The van der Waals surface area contributed by atoms with Gasteiger partial charge in [0.2, 0.25) is 0 Å². The Balaban J connectivity index is 0.00000182. The van der Waals surface area contributed by atoms with Gasteiger partial charge in [-0.15, -0.1) is 0 Å². The van der Waals surface area contributed by atoms with Crippen molar-refractivity contribution in [3.8, 4) is 16.9 Å². The number of hydrogen-bond donors (Lipinski definition) is 1. The standard InChI is InChI=1S/C22H23NO2.Na.H/c1-2-20(24)15-22(19-9-6-14-23-16-19)25-21-12-10-18(11-13-21)17-7-4-3-5-8-17;;/h3-14,16,20,22,24H,2,15H2,1H3;;/q;+1;-1. The molecule has 4 heteroatoms. The first-order valence-corrected chi connectivity index (χ1v) is 8.66. The molecule has 0 spiro atoms. The minimum atomic E-state index is -0.395. The van der Waals surface area contributed by atoms with E-state index >= 15 is 0 Å². The van der Waals surface area contributed by atoms with E-state index < -0.39 is 6.10 Å². The Morgan fingerprint density at radius 3 is 2.27 bits per heavy atom. The average Bonchev–Trinajstić information content (AvgIpc) is 2.69. The molecule has 26 heavy (non-hydrogen) atoms. The number of aliphatic hydroxyl groups is 1. The van der Waals surface area contributed by atoms with Crippen molar-refractivity contribution in [3.05, 3.63) is 84.7 Å². The molecule has 0 amide bonds. The number of nitrogens with zero attached hydrogens (tertiary/aromatic N) is 1. The van der Waals surface area contributed by atoms with Gasteiger partial charge in [-0.2, -0.15) is 0 Å². The zero-order valence-corrected chi connectivity index (χ0v) is 17.4. The first-order valence-electron chi connectivity index (χ1n) is 8.66. The van der Waals surface area contributed by atoms with E-state index in [0.717, 1.165) is 16.9 Å². The minimum Gasteiger partial charge on any atom is -1.00 e. The molecule has 0 fully saturated rings. The zero-order valence-electron chi connectivity index (χ0n) is 16.4. The van der Waals surface area contributed by atoms with Crippen LogP contribution in [0, 0.1) is 0 Å². The molecule has 2 atom stereocenters. The molecule has 0 radical (unpaired) electrons. The van der Waals surface area contributed by atoms with Gasteiger partial charge in [0.15, 0.2) is 0 Å². The number of aliphatic hydroxyl groups excluding tert-OH is 1. The smallest absolute Gasteiger partial charge is 1.00 e. The topological polar surface area (TPSA) is 42.4 Å². The van der Waals surface area contributed by atoms with Crippen molar-refractivity contribution in [1.29, 1.82) is 0 Å². The molecule has 2 aromatic carbocycles. The summed E-state index contributed by atoms with van der Waals surface area (Å²) in [5, 5.41) is 10.1. The van der Waals surface area contributed by atoms with Gasteiger partial charge in [0.05, 0.1) is 6.10 Å². The van der Waals surface area contributed by atoms with Crippen LogP contribution in [0.25, 0.3) is 11.1 Å². The molecule has 0 bridgehead atoms. The maximum absolute atomic E-state index is 10.1. The van der Waals surface area contributed by atoms with E-state index in [1.165, 1.54) is 5.56 Å². The Hall–Kier alpha value is -1.65. The fraction of sp³-hybridized carbons (Fsp3) is 0.227. The molecule has 1 heterocycles. The number of hydrogen-bond acceptors (Lipinski definition) is 3. The van der Waals surface area contributed by atoms with Gasteiger partial charge in [0.25, 0.3) is 0 Å². The van der Waals surface area contributed by atoms with Crippen molar-refractivity contribution in [2.75, 3.05) is 0 Å². The van der Waals surface area contributed by atoms with Crippen LogP contribution in [0.2, 0.25) is 0 Å². The van der Waals surface area contributed by atoms with E-state index in [9.17, 15) is 5.11 Å². The van der Waals surface area contributed by atoms with Gasteiger partial charge in [-0.1, -0.05) is 55.5 Å². The first kappa shape index (κ1) is 20.7. The molecule has 0 saturated heterocycles. The van der Waals surface area contributed by atoms with Crippen LogP contribution in [0.1, 0.15) is 32.9 Å². The quantitative estimate of drug-likeness (QED) is 0.659. The number of ether oxygens (including phenoxy) is 1. The van der Waals surface area contributed by atoms with Gasteiger partial charge in [-0.25, -0.2) is 0 Å². The largest absolute Gasteiger partial charge is 1.00 e. The summed E-state index contributed by atoms with van der Waals surface area (Å²) in [6, 6.07) is 22.2. The van der Waals surface area contributed by atoms with Gasteiger partial charge < -0.3 is 11.3 Å². The van der Waals surface area contributed by atoms with Crippen LogP contribution < -0.4 is 34.3 Å². The Morgan fingerprint density at radius 2 is 1.65 bits per heavy atom. The van der Waals surface area contributed by atoms with Gasteiger partial charge >= 0.3 is 29.6 Å². The van der Waals surface area contributed by atoms with Crippen LogP contribution in [0.3, 0.4) is 0 Å². The van der Waals surface area contributed by atoms with Gasteiger partial charge in [-0.05, 0) is 35.7 Å². The van der Waals surface area contributed by atoms with E-state index in [2.05, 4.69) is 29.2 Å². The van der Waals surface area contributed by atoms with E-state index in [4.69, 9.17) is 4.74 Å². The summed E-state index contributed by atoms with van der Waals surface area (Å²) in [4.78, 5) is 4.17. The fourth-order valence-electron chi connectivity index (χ4n) is 2.75. The van der Waals surface area contributed by atoms with Crippen LogP contribution in [0.5, 0.6) is 5.75 Å². The van der Waals surface area contributed by atoms with Crippen LogP contribution in [0.15, 0.2) is 79.1 Å². The van der Waals surface area contributed by atoms with Crippen molar-refractivity contribution >= 4 is 0 Å². The third-order valence-electron chi connectivity index (χ3n) is 4.25. The number of pyridine rings is 1. The maximum atomic E-state index is 10.1. The summed E-state index contributed by atoms with van der Waals surface area (Å²) in [5.41, 5.74) is 3.31. The molecule has 3 aromatic rings. The summed E-state index contributed by atoms with van der Waals surface area (Å²) in [6.07, 6.45) is 4.17. The second-order valence-corrected chi connectivity index (χ2v) is 6.08. The maximum Gasteiger partial charge on any atom is 1.00 e. The van der Waals surface area contributed by atoms with Crippen molar-refractivity contribution in [2.45, 2.75) is 32.0 Å². The monoisotopic (exact) mass is 357 g/mol. The molecular formula is C22H24NNaO2. The fourth-order valence-corrected chi connectivity index (χ4v) is 2.75. The Bertz CT molecular complexity index is 769. The van der Waals surface area contributed by atoms with Crippen molar-refractivity contribution in [2.24, 2.45) is 0 Å². The molecule has 2 unspecified atom stereocenters. The SMILES string of the molecule is CCC(O)CC(Oc1ccc(-c2ccccc2)cc1)c1cccnc1.[H-].[Na+]. The summed E-state index contributed by atoms with van der Waals surface area (Å²) in [5.74, 6) is 0.789.